The second kappa shape index (κ2) is 10.1. The summed E-state index contributed by atoms with van der Waals surface area (Å²) in [6.07, 6.45) is 6.71. The molecule has 2 aromatic heterocycles. The van der Waals surface area contributed by atoms with E-state index in [0.717, 1.165) is 54.2 Å². The molecule has 9 heteroatoms. The van der Waals surface area contributed by atoms with Crippen molar-refractivity contribution < 1.29 is 9.53 Å². The van der Waals surface area contributed by atoms with Gasteiger partial charge in [-0.05, 0) is 62.2 Å². The molecule has 0 fully saturated rings. The molecule has 8 nitrogen and oxygen atoms in total. The van der Waals surface area contributed by atoms with E-state index in [1.165, 1.54) is 23.1 Å². The quantitative estimate of drug-likeness (QED) is 0.506. The first kappa shape index (κ1) is 22.2. The van der Waals surface area contributed by atoms with Crippen LogP contribution in [0.25, 0.3) is 11.1 Å². The van der Waals surface area contributed by atoms with Crippen LogP contribution in [0, 0.1) is 0 Å². The highest BCUT2D eigenvalue weighted by Gasteiger charge is 2.21. The highest BCUT2D eigenvalue weighted by atomic mass is 32.2. The number of anilines is 1. The third-order valence-electron chi connectivity index (χ3n) is 5.42. The fourth-order valence-electron chi connectivity index (χ4n) is 3.80. The van der Waals surface area contributed by atoms with Gasteiger partial charge in [0.25, 0.3) is 0 Å². The molecule has 32 heavy (non-hydrogen) atoms. The zero-order valence-electron chi connectivity index (χ0n) is 18.6. The third-order valence-corrected chi connectivity index (χ3v) is 6.13. The summed E-state index contributed by atoms with van der Waals surface area (Å²) in [5, 5.41) is 8.33. The van der Waals surface area contributed by atoms with Gasteiger partial charge in [0.15, 0.2) is 0 Å². The first-order chi connectivity index (χ1) is 15.5. The molecule has 1 aliphatic carbocycles. The second-order valence-corrected chi connectivity index (χ2v) is 8.77. The number of carbonyl (C=O) groups excluding carboxylic acids is 1. The lowest BCUT2D eigenvalue weighted by molar-refractivity contribution is 0.257. The van der Waals surface area contributed by atoms with E-state index in [-0.39, 0.29) is 6.03 Å². The first-order valence-electron chi connectivity index (χ1n) is 10.6. The monoisotopic (exact) mass is 452 g/mol. The van der Waals surface area contributed by atoms with Crippen LogP contribution in [0.2, 0.25) is 0 Å². The van der Waals surface area contributed by atoms with Gasteiger partial charge in [-0.15, -0.1) is 0 Å². The molecule has 3 aromatic rings. The van der Waals surface area contributed by atoms with Gasteiger partial charge in [0, 0.05) is 42.5 Å². The molecule has 0 saturated carbocycles. The van der Waals surface area contributed by atoms with Crippen LogP contribution >= 0.6 is 11.9 Å². The molecular weight excluding hydrogens is 424 g/mol. The summed E-state index contributed by atoms with van der Waals surface area (Å²) in [7, 11) is 5.66. The zero-order valence-corrected chi connectivity index (χ0v) is 19.4. The first-order valence-corrected chi connectivity index (χ1v) is 11.4. The lowest BCUT2D eigenvalue weighted by atomic mass is 9.98. The van der Waals surface area contributed by atoms with E-state index < -0.39 is 0 Å². The predicted molar refractivity (Wildman–Crippen MR) is 127 cm³/mol. The average molecular weight is 453 g/mol. The van der Waals surface area contributed by atoms with Gasteiger partial charge >= 0.3 is 6.03 Å². The van der Waals surface area contributed by atoms with E-state index in [2.05, 4.69) is 37.2 Å². The molecule has 2 heterocycles. The van der Waals surface area contributed by atoms with E-state index in [1.807, 2.05) is 43.2 Å². The standard InChI is InChI=1S/C23H28N6O2S/c1-28(2)13-14-29-12-10-21(26-29)32-27-23(30)25-22-18-6-4-5-16(18)7-8-19(22)17-9-11-24-20(15-17)31-3/h7-12,15H,4-6,13-14H2,1-3H3,(H2,25,27,30). The molecule has 0 atom stereocenters. The van der Waals surface area contributed by atoms with Crippen LogP contribution in [0.1, 0.15) is 17.5 Å². The Morgan fingerprint density at radius 3 is 2.94 bits per heavy atom. The Bertz CT molecular complexity index is 1100. The van der Waals surface area contributed by atoms with E-state index in [4.69, 9.17) is 4.74 Å². The Morgan fingerprint density at radius 2 is 2.12 bits per heavy atom. The number of pyridine rings is 1. The Labute approximate surface area is 192 Å². The van der Waals surface area contributed by atoms with Crippen LogP contribution in [-0.4, -0.2) is 53.4 Å². The number of methoxy groups -OCH3 is 1. The van der Waals surface area contributed by atoms with Gasteiger partial charge in [-0.1, -0.05) is 12.1 Å². The van der Waals surface area contributed by atoms with Gasteiger partial charge in [-0.2, -0.15) is 5.10 Å². The van der Waals surface area contributed by atoms with Crippen molar-refractivity contribution in [2.24, 2.45) is 0 Å². The van der Waals surface area contributed by atoms with Crippen molar-refractivity contribution in [1.82, 2.24) is 24.4 Å². The number of carbonyl (C=O) groups is 1. The summed E-state index contributed by atoms with van der Waals surface area (Å²) in [6, 6.07) is 9.65. The van der Waals surface area contributed by atoms with Crippen LogP contribution in [0.4, 0.5) is 10.5 Å². The highest BCUT2D eigenvalue weighted by molar-refractivity contribution is 7.97. The molecule has 2 N–H and O–H groups in total. The van der Waals surface area contributed by atoms with Crippen molar-refractivity contribution >= 4 is 23.7 Å². The number of fused-ring (bicyclic) bond motifs is 1. The molecule has 0 unspecified atom stereocenters. The van der Waals surface area contributed by atoms with E-state index in [1.54, 1.807) is 13.3 Å². The Balaban J connectivity index is 1.48. The lowest BCUT2D eigenvalue weighted by Crippen LogP contribution is -2.24. The SMILES string of the molecule is COc1cc(-c2ccc3c(c2NC(=O)NSc2ccn(CCN(C)C)n2)CCC3)ccn1. The number of ether oxygens (including phenoxy) is 1. The minimum atomic E-state index is -0.277. The van der Waals surface area contributed by atoms with Crippen LogP contribution in [0.15, 0.2) is 47.8 Å². The van der Waals surface area contributed by atoms with Crippen LogP contribution in [0.3, 0.4) is 0 Å². The van der Waals surface area contributed by atoms with Crippen molar-refractivity contribution in [3.8, 4) is 17.0 Å². The number of hydrogen-bond donors (Lipinski definition) is 2. The molecule has 0 bridgehead atoms. The summed E-state index contributed by atoms with van der Waals surface area (Å²) in [5.74, 6) is 0.541. The highest BCUT2D eigenvalue weighted by Crippen LogP contribution is 2.38. The minimum absolute atomic E-state index is 0.277. The number of likely N-dealkylation sites (N-methyl/N-ethyl adjacent to an activating group) is 1. The van der Waals surface area contributed by atoms with E-state index >= 15 is 0 Å². The number of nitrogens with zero attached hydrogens (tertiary/aromatic N) is 4. The van der Waals surface area contributed by atoms with E-state index in [9.17, 15) is 4.79 Å². The topological polar surface area (TPSA) is 84.3 Å². The number of aryl methyl sites for hydroxylation is 1. The normalized spacial score (nSPS) is 12.6. The van der Waals surface area contributed by atoms with Crippen molar-refractivity contribution in [3.05, 3.63) is 53.9 Å². The summed E-state index contributed by atoms with van der Waals surface area (Å²) < 4.78 is 10.0. The number of amides is 2. The number of hydrogen-bond acceptors (Lipinski definition) is 6. The van der Waals surface area contributed by atoms with Crippen LogP contribution in [-0.2, 0) is 19.4 Å². The number of benzene rings is 1. The molecule has 1 aromatic carbocycles. The molecular formula is C23H28N6O2S. The smallest absolute Gasteiger partial charge is 0.329 e. The second-order valence-electron chi connectivity index (χ2n) is 7.94. The Kier molecular flexibility index (Phi) is 6.96. The molecule has 0 aliphatic heterocycles. The molecule has 0 radical (unpaired) electrons. The van der Waals surface area contributed by atoms with Gasteiger partial charge in [-0.25, -0.2) is 9.78 Å². The maximum atomic E-state index is 12.8. The number of urea groups is 1. The zero-order chi connectivity index (χ0) is 22.5. The van der Waals surface area contributed by atoms with Crippen molar-refractivity contribution in [3.63, 3.8) is 0 Å². The van der Waals surface area contributed by atoms with Gasteiger partial charge < -0.3 is 15.0 Å². The number of aromatic nitrogens is 3. The van der Waals surface area contributed by atoms with Crippen molar-refractivity contribution in [2.45, 2.75) is 30.8 Å². The Morgan fingerprint density at radius 1 is 1.25 bits per heavy atom. The lowest BCUT2D eigenvalue weighted by Gasteiger charge is -2.16. The molecule has 4 rings (SSSR count). The average Bonchev–Trinajstić information content (AvgIpc) is 3.46. The molecule has 168 valence electrons. The van der Waals surface area contributed by atoms with Crippen LogP contribution in [0.5, 0.6) is 5.88 Å². The predicted octanol–water partition coefficient (Wildman–Crippen LogP) is 3.83. The van der Waals surface area contributed by atoms with Crippen molar-refractivity contribution in [2.75, 3.05) is 33.1 Å². The maximum Gasteiger partial charge on any atom is 0.329 e. The summed E-state index contributed by atoms with van der Waals surface area (Å²) in [6.45, 7) is 1.70. The molecule has 0 saturated heterocycles. The van der Waals surface area contributed by atoms with Crippen molar-refractivity contribution in [1.29, 1.82) is 0 Å². The fourth-order valence-corrected chi connectivity index (χ4v) is 4.32. The summed E-state index contributed by atoms with van der Waals surface area (Å²) >= 11 is 1.21. The fraction of sp³-hybridized carbons (Fsp3) is 0.348. The Hall–Kier alpha value is -3.04. The van der Waals surface area contributed by atoms with Gasteiger partial charge in [0.1, 0.15) is 5.03 Å². The summed E-state index contributed by atoms with van der Waals surface area (Å²) in [5.41, 5.74) is 5.25. The number of rotatable bonds is 8. The molecule has 1 aliphatic rings. The van der Waals surface area contributed by atoms with Gasteiger partial charge in [0.05, 0.1) is 19.3 Å². The third kappa shape index (κ3) is 5.23. The van der Waals surface area contributed by atoms with Gasteiger partial charge in [0.2, 0.25) is 5.88 Å². The molecule has 0 spiro atoms. The molecule has 2 amide bonds. The number of nitrogens with one attached hydrogen (secondary N) is 2. The maximum absolute atomic E-state index is 12.8. The van der Waals surface area contributed by atoms with Gasteiger partial charge in [-0.3, -0.25) is 9.40 Å². The minimum Gasteiger partial charge on any atom is -0.481 e. The van der Waals surface area contributed by atoms with E-state index in [0.29, 0.717) is 5.88 Å². The largest absolute Gasteiger partial charge is 0.481 e. The van der Waals surface area contributed by atoms with Crippen LogP contribution < -0.4 is 14.8 Å². The summed E-state index contributed by atoms with van der Waals surface area (Å²) in [4.78, 5) is 19.1.